The van der Waals surface area contributed by atoms with Gasteiger partial charge in [0.2, 0.25) is 0 Å². The van der Waals surface area contributed by atoms with E-state index in [-0.39, 0.29) is 12.4 Å². The topological polar surface area (TPSA) is 37.4 Å². The summed E-state index contributed by atoms with van der Waals surface area (Å²) in [5.74, 6) is 0.900. The van der Waals surface area contributed by atoms with Crippen molar-refractivity contribution in [1.29, 1.82) is 0 Å². The highest BCUT2D eigenvalue weighted by Gasteiger charge is 2.23. The van der Waals surface area contributed by atoms with Crippen LogP contribution >= 0.6 is 23.7 Å². The molecule has 0 aliphatic carbocycles. The van der Waals surface area contributed by atoms with Crippen LogP contribution in [0.25, 0.3) is 10.2 Å². The summed E-state index contributed by atoms with van der Waals surface area (Å²) in [6.07, 6.45) is 0. The van der Waals surface area contributed by atoms with Gasteiger partial charge in [-0.25, -0.2) is 4.98 Å². The summed E-state index contributed by atoms with van der Waals surface area (Å²) in [7, 11) is 1.70. The first-order valence-corrected chi connectivity index (χ1v) is 7.88. The number of fused-ring (bicyclic) bond motifs is 1. The maximum Gasteiger partial charge on any atom is 0.120 e. The van der Waals surface area contributed by atoms with E-state index in [9.17, 15) is 0 Å². The number of ether oxygens (including phenoxy) is 1. The molecule has 1 aliphatic heterocycles. The zero-order chi connectivity index (χ0) is 14.1. The second-order valence-electron chi connectivity index (χ2n) is 5.53. The van der Waals surface area contributed by atoms with E-state index in [1.807, 2.05) is 12.1 Å². The Kier molecular flexibility index (Phi) is 5.43. The maximum atomic E-state index is 5.27. The van der Waals surface area contributed by atoms with E-state index in [0.717, 1.165) is 30.9 Å². The van der Waals surface area contributed by atoms with Gasteiger partial charge in [-0.3, -0.25) is 4.90 Å². The Morgan fingerprint density at radius 2 is 2.24 bits per heavy atom. The minimum atomic E-state index is 0. The van der Waals surface area contributed by atoms with Crippen LogP contribution in [-0.4, -0.2) is 42.2 Å². The molecule has 1 saturated heterocycles. The largest absolute Gasteiger partial charge is 0.497 e. The van der Waals surface area contributed by atoms with Crippen molar-refractivity contribution in [2.75, 3.05) is 20.2 Å². The summed E-state index contributed by atoms with van der Waals surface area (Å²) < 4.78 is 6.48. The van der Waals surface area contributed by atoms with E-state index in [0.29, 0.717) is 12.1 Å². The van der Waals surface area contributed by atoms with Gasteiger partial charge < -0.3 is 10.1 Å². The fourth-order valence-corrected chi connectivity index (χ4v) is 3.66. The van der Waals surface area contributed by atoms with Gasteiger partial charge in [0, 0.05) is 25.2 Å². The summed E-state index contributed by atoms with van der Waals surface area (Å²) in [5.41, 5.74) is 1.07. The average Bonchev–Trinajstić information content (AvgIpc) is 2.84. The molecule has 3 rings (SSSR count). The van der Waals surface area contributed by atoms with Gasteiger partial charge in [0.15, 0.2) is 0 Å². The highest BCUT2D eigenvalue weighted by atomic mass is 35.5. The van der Waals surface area contributed by atoms with Crippen molar-refractivity contribution in [1.82, 2.24) is 15.2 Å². The molecule has 1 N–H and O–H groups in total. The molecule has 0 radical (unpaired) electrons. The van der Waals surface area contributed by atoms with Gasteiger partial charge in [0.25, 0.3) is 0 Å². The molecule has 6 heteroatoms. The molecule has 0 spiro atoms. The van der Waals surface area contributed by atoms with E-state index < -0.39 is 0 Å². The zero-order valence-electron chi connectivity index (χ0n) is 12.6. The molecule has 2 unspecified atom stereocenters. The summed E-state index contributed by atoms with van der Waals surface area (Å²) in [4.78, 5) is 7.25. The van der Waals surface area contributed by atoms with Crippen LogP contribution in [0.4, 0.5) is 0 Å². The van der Waals surface area contributed by atoms with Gasteiger partial charge in [0.1, 0.15) is 10.8 Å². The van der Waals surface area contributed by atoms with E-state index in [1.54, 1.807) is 18.4 Å². The van der Waals surface area contributed by atoms with Crippen LogP contribution < -0.4 is 10.1 Å². The predicted molar refractivity (Wildman–Crippen MR) is 90.8 cm³/mol. The fraction of sp³-hybridized carbons (Fsp3) is 0.533. The van der Waals surface area contributed by atoms with Crippen molar-refractivity contribution >= 4 is 34.0 Å². The molecular weight excluding hydrogens is 306 g/mol. The quantitative estimate of drug-likeness (QED) is 0.940. The number of rotatable bonds is 3. The number of halogens is 1. The summed E-state index contributed by atoms with van der Waals surface area (Å²) in [6, 6.07) is 7.20. The molecule has 0 bridgehead atoms. The van der Waals surface area contributed by atoms with Crippen LogP contribution in [0.5, 0.6) is 5.75 Å². The normalized spacial score (nSPS) is 23.0. The Labute approximate surface area is 135 Å². The van der Waals surface area contributed by atoms with Crippen LogP contribution in [0.15, 0.2) is 18.2 Å². The maximum absolute atomic E-state index is 5.27. The first kappa shape index (κ1) is 16.5. The summed E-state index contributed by atoms with van der Waals surface area (Å²) >= 11 is 1.77. The number of hydrogen-bond donors (Lipinski definition) is 1. The van der Waals surface area contributed by atoms with Crippen LogP contribution in [0.1, 0.15) is 18.9 Å². The molecule has 1 aromatic carbocycles. The molecule has 2 atom stereocenters. The van der Waals surface area contributed by atoms with Gasteiger partial charge in [0.05, 0.1) is 23.9 Å². The lowest BCUT2D eigenvalue weighted by molar-refractivity contribution is 0.139. The number of thiazole rings is 1. The molecular formula is C15H22ClN3OS. The molecule has 21 heavy (non-hydrogen) atoms. The number of nitrogens with zero attached hydrogens (tertiary/aromatic N) is 2. The van der Waals surface area contributed by atoms with E-state index in [2.05, 4.69) is 30.1 Å². The number of hydrogen-bond acceptors (Lipinski definition) is 5. The fourth-order valence-electron chi connectivity index (χ4n) is 2.64. The lowest BCUT2D eigenvalue weighted by atomic mass is 10.1. The highest BCUT2D eigenvalue weighted by molar-refractivity contribution is 7.18. The van der Waals surface area contributed by atoms with Crippen molar-refractivity contribution < 1.29 is 4.74 Å². The van der Waals surface area contributed by atoms with Gasteiger partial charge in [-0.1, -0.05) is 0 Å². The minimum Gasteiger partial charge on any atom is -0.497 e. The van der Waals surface area contributed by atoms with Gasteiger partial charge in [-0.05, 0) is 32.0 Å². The Morgan fingerprint density at radius 1 is 1.43 bits per heavy atom. The second-order valence-corrected chi connectivity index (χ2v) is 6.64. The van der Waals surface area contributed by atoms with Gasteiger partial charge in [-0.15, -0.1) is 23.7 Å². The third kappa shape index (κ3) is 3.66. The molecule has 2 aromatic rings. The standard InChI is InChI=1S/C15H21N3OS.ClH/c1-10-8-18(11(2)7-16-10)9-15-17-13-5-4-12(19-3)6-14(13)20-15;/h4-6,10-11,16H,7-9H2,1-3H3;1H. The van der Waals surface area contributed by atoms with Crippen molar-refractivity contribution in [3.63, 3.8) is 0 Å². The number of benzene rings is 1. The van der Waals surface area contributed by atoms with E-state index >= 15 is 0 Å². The monoisotopic (exact) mass is 327 g/mol. The van der Waals surface area contributed by atoms with E-state index in [4.69, 9.17) is 9.72 Å². The van der Waals surface area contributed by atoms with Crippen molar-refractivity contribution in [3.8, 4) is 5.75 Å². The third-order valence-electron chi connectivity index (χ3n) is 3.87. The molecule has 0 saturated carbocycles. The number of aromatic nitrogens is 1. The summed E-state index contributed by atoms with van der Waals surface area (Å²) in [5, 5.41) is 4.70. The average molecular weight is 328 g/mol. The van der Waals surface area contributed by atoms with Crippen molar-refractivity contribution in [2.24, 2.45) is 0 Å². The minimum absolute atomic E-state index is 0. The zero-order valence-corrected chi connectivity index (χ0v) is 14.3. The van der Waals surface area contributed by atoms with Crippen LogP contribution in [0.3, 0.4) is 0 Å². The molecule has 1 aliphatic rings. The van der Waals surface area contributed by atoms with Gasteiger partial charge >= 0.3 is 0 Å². The van der Waals surface area contributed by atoms with Crippen LogP contribution in [0, 0.1) is 0 Å². The Bertz CT molecular complexity index is 604. The smallest absolute Gasteiger partial charge is 0.120 e. The first-order valence-electron chi connectivity index (χ1n) is 7.06. The number of piperazine rings is 1. The van der Waals surface area contributed by atoms with Gasteiger partial charge in [-0.2, -0.15) is 0 Å². The predicted octanol–water partition coefficient (Wildman–Crippen LogP) is 2.91. The molecule has 1 fully saturated rings. The number of nitrogens with one attached hydrogen (secondary N) is 1. The Hall–Kier alpha value is -0.880. The van der Waals surface area contributed by atoms with E-state index in [1.165, 1.54) is 9.71 Å². The molecule has 116 valence electrons. The first-order chi connectivity index (χ1) is 9.65. The second kappa shape index (κ2) is 6.92. The van der Waals surface area contributed by atoms with Crippen LogP contribution in [0.2, 0.25) is 0 Å². The molecule has 1 aromatic heterocycles. The molecule has 0 amide bonds. The third-order valence-corrected chi connectivity index (χ3v) is 4.87. The van der Waals surface area contributed by atoms with Crippen LogP contribution in [-0.2, 0) is 6.54 Å². The Morgan fingerprint density at radius 3 is 3.00 bits per heavy atom. The lowest BCUT2D eigenvalue weighted by Crippen LogP contribution is -2.53. The lowest BCUT2D eigenvalue weighted by Gasteiger charge is -2.36. The summed E-state index contributed by atoms with van der Waals surface area (Å²) in [6.45, 7) is 7.59. The SMILES string of the molecule is COc1ccc2nc(CN3CC(C)NCC3C)sc2c1.Cl. The Balaban J connectivity index is 0.00000161. The highest BCUT2D eigenvalue weighted by Crippen LogP contribution is 2.27. The van der Waals surface area contributed by atoms with Crippen molar-refractivity contribution in [2.45, 2.75) is 32.5 Å². The van der Waals surface area contributed by atoms with Crippen molar-refractivity contribution in [3.05, 3.63) is 23.2 Å². The molecule has 2 heterocycles. The number of methoxy groups -OCH3 is 1. The molecule has 4 nitrogen and oxygen atoms in total.